The third kappa shape index (κ3) is 5.04. The van der Waals surface area contributed by atoms with Gasteiger partial charge < -0.3 is 11.1 Å². The fourth-order valence-electron chi connectivity index (χ4n) is 2.21. The molecule has 0 spiro atoms. The number of primary sulfonamides is 1. The van der Waals surface area contributed by atoms with Crippen molar-refractivity contribution < 1.29 is 13.2 Å². The summed E-state index contributed by atoms with van der Waals surface area (Å²) in [6.07, 6.45) is 0. The Morgan fingerprint density at radius 2 is 1.74 bits per heavy atom. The van der Waals surface area contributed by atoms with Crippen LogP contribution in [0.1, 0.15) is 10.8 Å². The van der Waals surface area contributed by atoms with Crippen molar-refractivity contribution in [3.8, 4) is 0 Å². The minimum Gasteiger partial charge on any atom is -0.374 e. The third-order valence-electron chi connectivity index (χ3n) is 3.43. The van der Waals surface area contributed by atoms with Crippen molar-refractivity contribution in [3.63, 3.8) is 0 Å². The monoisotopic (exact) mass is 421 g/mol. The van der Waals surface area contributed by atoms with Crippen molar-refractivity contribution in [2.45, 2.75) is 14.5 Å². The van der Waals surface area contributed by atoms with E-state index in [1.54, 1.807) is 0 Å². The number of carbonyl (C=O) groups is 1. The van der Waals surface area contributed by atoms with Crippen LogP contribution in [0.25, 0.3) is 0 Å². The molecule has 1 atom stereocenters. The molecule has 0 saturated heterocycles. The van der Waals surface area contributed by atoms with Gasteiger partial charge in [0, 0.05) is 5.69 Å². The fourth-order valence-corrected chi connectivity index (χ4v) is 4.55. The van der Waals surface area contributed by atoms with Gasteiger partial charge in [-0.05, 0) is 29.8 Å². The molecule has 1 aromatic heterocycles. The van der Waals surface area contributed by atoms with Crippen molar-refractivity contribution in [2.75, 3.05) is 11.1 Å². The van der Waals surface area contributed by atoms with Crippen molar-refractivity contribution in [1.29, 1.82) is 0 Å². The average Bonchev–Trinajstić information content (AvgIpc) is 3.05. The van der Waals surface area contributed by atoms with Crippen LogP contribution in [0.5, 0.6) is 0 Å². The normalized spacial score (nSPS) is 12.5. The molecule has 5 N–H and O–H groups in total. The minimum atomic E-state index is -3.79. The van der Waals surface area contributed by atoms with E-state index in [1.165, 1.54) is 47.4 Å². The summed E-state index contributed by atoms with van der Waals surface area (Å²) < 4.78 is 23.2. The van der Waals surface area contributed by atoms with Gasteiger partial charge in [-0.25, -0.2) is 13.6 Å². The van der Waals surface area contributed by atoms with E-state index >= 15 is 0 Å². The smallest absolute Gasteiger partial charge is 0.242 e. The van der Waals surface area contributed by atoms with E-state index in [-0.39, 0.29) is 10.8 Å². The maximum atomic E-state index is 12.9. The molecular formula is C16H15N5O3S3. The standard InChI is InChI=1S/C16H15N5O3S3/c17-15-20-21-16(26-15)25-13(10-4-2-1-3-5-10)14(22)19-11-6-8-12(9-7-11)27(18,23)24/h1-9,13H,(H2,17,20)(H,19,22)(H2,18,23,24). The summed E-state index contributed by atoms with van der Waals surface area (Å²) in [5.74, 6) is -0.289. The highest BCUT2D eigenvalue weighted by molar-refractivity contribution is 8.02. The highest BCUT2D eigenvalue weighted by Gasteiger charge is 2.24. The number of carbonyl (C=O) groups excluding carboxylic acids is 1. The Balaban J connectivity index is 1.82. The molecule has 1 unspecified atom stereocenters. The van der Waals surface area contributed by atoms with Gasteiger partial charge in [-0.15, -0.1) is 10.2 Å². The number of sulfonamides is 1. The summed E-state index contributed by atoms with van der Waals surface area (Å²) in [5.41, 5.74) is 6.85. The molecule has 0 aliphatic rings. The maximum Gasteiger partial charge on any atom is 0.242 e. The molecule has 0 bridgehead atoms. The predicted octanol–water partition coefficient (Wildman–Crippen LogP) is 2.24. The van der Waals surface area contributed by atoms with Gasteiger partial charge in [0.25, 0.3) is 0 Å². The molecule has 8 nitrogen and oxygen atoms in total. The van der Waals surface area contributed by atoms with Gasteiger partial charge in [-0.1, -0.05) is 53.4 Å². The number of aromatic nitrogens is 2. The first-order valence-electron chi connectivity index (χ1n) is 7.57. The highest BCUT2D eigenvalue weighted by atomic mass is 32.2. The van der Waals surface area contributed by atoms with Crippen molar-refractivity contribution in [2.24, 2.45) is 5.14 Å². The first kappa shape index (κ1) is 19.3. The Morgan fingerprint density at radius 3 is 2.30 bits per heavy atom. The molecule has 3 rings (SSSR count). The number of hydrogen-bond acceptors (Lipinski definition) is 8. The van der Waals surface area contributed by atoms with Crippen LogP contribution in [0.3, 0.4) is 0 Å². The number of nitrogens with one attached hydrogen (secondary N) is 1. The Labute approximate surface area is 164 Å². The number of nitrogen functional groups attached to an aromatic ring is 1. The minimum absolute atomic E-state index is 0.0289. The van der Waals surface area contributed by atoms with Gasteiger partial charge in [0.05, 0.1) is 4.90 Å². The van der Waals surface area contributed by atoms with Crippen LogP contribution in [0.2, 0.25) is 0 Å². The van der Waals surface area contributed by atoms with E-state index in [4.69, 9.17) is 10.9 Å². The van der Waals surface area contributed by atoms with E-state index in [1.807, 2.05) is 30.3 Å². The molecule has 0 saturated carbocycles. The lowest BCUT2D eigenvalue weighted by Gasteiger charge is -2.15. The van der Waals surface area contributed by atoms with E-state index in [0.717, 1.165) is 5.56 Å². The summed E-state index contributed by atoms with van der Waals surface area (Å²) in [7, 11) is -3.79. The molecule has 11 heteroatoms. The zero-order valence-corrected chi connectivity index (χ0v) is 16.2. The summed E-state index contributed by atoms with van der Waals surface area (Å²) in [5, 5.41) is 15.3. The van der Waals surface area contributed by atoms with Gasteiger partial charge in [0.2, 0.25) is 21.1 Å². The lowest BCUT2D eigenvalue weighted by Crippen LogP contribution is -2.19. The largest absolute Gasteiger partial charge is 0.374 e. The first-order valence-corrected chi connectivity index (χ1v) is 10.8. The van der Waals surface area contributed by atoms with Crippen molar-refractivity contribution >= 4 is 49.8 Å². The molecule has 0 aliphatic carbocycles. The molecule has 140 valence electrons. The fraction of sp³-hybridized carbons (Fsp3) is 0.0625. The lowest BCUT2D eigenvalue weighted by atomic mass is 10.1. The van der Waals surface area contributed by atoms with Gasteiger partial charge in [0.1, 0.15) is 5.25 Å². The quantitative estimate of drug-likeness (QED) is 0.518. The Bertz CT molecular complexity index is 1040. The van der Waals surface area contributed by atoms with Crippen LogP contribution in [0, 0.1) is 0 Å². The maximum absolute atomic E-state index is 12.9. The number of hydrogen-bond donors (Lipinski definition) is 3. The first-order chi connectivity index (χ1) is 12.8. The topological polar surface area (TPSA) is 141 Å². The molecular weight excluding hydrogens is 406 g/mol. The van der Waals surface area contributed by atoms with E-state index in [0.29, 0.717) is 15.2 Å². The van der Waals surface area contributed by atoms with Gasteiger partial charge in [0.15, 0.2) is 4.34 Å². The summed E-state index contributed by atoms with van der Waals surface area (Å²) in [6, 6.07) is 14.8. The van der Waals surface area contributed by atoms with Crippen LogP contribution in [-0.4, -0.2) is 24.5 Å². The zero-order chi connectivity index (χ0) is 19.4. The number of nitrogens with two attached hydrogens (primary N) is 2. The number of thioether (sulfide) groups is 1. The SMILES string of the molecule is Nc1nnc(SC(C(=O)Nc2ccc(S(N)(=O)=O)cc2)c2ccccc2)s1. The third-order valence-corrected chi connectivity index (χ3v) is 6.45. The second kappa shape index (κ2) is 8.05. The Morgan fingerprint density at radius 1 is 1.07 bits per heavy atom. The molecule has 0 radical (unpaired) electrons. The molecule has 1 amide bonds. The van der Waals surface area contributed by atoms with Crippen LogP contribution >= 0.6 is 23.1 Å². The number of anilines is 2. The average molecular weight is 422 g/mol. The zero-order valence-electron chi connectivity index (χ0n) is 13.8. The molecule has 0 fully saturated rings. The molecule has 3 aromatic rings. The van der Waals surface area contributed by atoms with Crippen LogP contribution in [0.4, 0.5) is 10.8 Å². The predicted molar refractivity (Wildman–Crippen MR) is 106 cm³/mol. The van der Waals surface area contributed by atoms with E-state index in [9.17, 15) is 13.2 Å². The van der Waals surface area contributed by atoms with Crippen LogP contribution in [0.15, 0.2) is 63.8 Å². The second-order valence-electron chi connectivity index (χ2n) is 5.37. The van der Waals surface area contributed by atoms with E-state index in [2.05, 4.69) is 15.5 Å². The summed E-state index contributed by atoms with van der Waals surface area (Å²) >= 11 is 2.43. The number of nitrogens with zero attached hydrogens (tertiary/aromatic N) is 2. The van der Waals surface area contributed by atoms with Crippen LogP contribution < -0.4 is 16.2 Å². The number of rotatable bonds is 6. The van der Waals surface area contributed by atoms with Gasteiger partial charge in [-0.3, -0.25) is 4.79 Å². The lowest BCUT2D eigenvalue weighted by molar-refractivity contribution is -0.115. The highest BCUT2D eigenvalue weighted by Crippen LogP contribution is 2.38. The summed E-state index contributed by atoms with van der Waals surface area (Å²) in [4.78, 5) is 12.8. The van der Waals surface area contributed by atoms with Crippen LogP contribution in [-0.2, 0) is 14.8 Å². The van der Waals surface area contributed by atoms with Gasteiger partial charge >= 0.3 is 0 Å². The second-order valence-corrected chi connectivity index (χ2v) is 9.30. The van der Waals surface area contributed by atoms with Crippen molar-refractivity contribution in [3.05, 3.63) is 60.2 Å². The summed E-state index contributed by atoms with van der Waals surface area (Å²) in [6.45, 7) is 0. The Kier molecular flexibility index (Phi) is 5.75. The number of amides is 1. The Hall–Kier alpha value is -2.47. The molecule has 1 heterocycles. The van der Waals surface area contributed by atoms with E-state index < -0.39 is 15.3 Å². The van der Waals surface area contributed by atoms with Crippen molar-refractivity contribution in [1.82, 2.24) is 10.2 Å². The van der Waals surface area contributed by atoms with Gasteiger partial charge in [-0.2, -0.15) is 0 Å². The number of benzene rings is 2. The molecule has 2 aromatic carbocycles. The molecule has 27 heavy (non-hydrogen) atoms. The molecule has 0 aliphatic heterocycles.